The van der Waals surface area contributed by atoms with Gasteiger partial charge >= 0.3 is 0 Å². The van der Waals surface area contributed by atoms with Crippen LogP contribution in [-0.4, -0.2) is 33.4 Å². The Morgan fingerprint density at radius 3 is 3.00 bits per heavy atom. The van der Waals surface area contributed by atoms with Crippen LogP contribution in [-0.2, 0) is 0 Å². The van der Waals surface area contributed by atoms with E-state index in [1.807, 2.05) is 23.5 Å². The molecule has 2 aliphatic rings. The fraction of sp³-hybridized carbons (Fsp3) is 0.818. The Balaban J connectivity index is 1.74. The van der Waals surface area contributed by atoms with Crippen molar-refractivity contribution in [3.63, 3.8) is 0 Å². The second-order valence-corrected chi connectivity index (χ2v) is 7.24. The Morgan fingerprint density at radius 2 is 2.24 bits per heavy atom. The largest absolute Gasteiger partial charge is 0.338 e. The highest BCUT2D eigenvalue weighted by Gasteiger charge is 2.30. The molecule has 0 radical (unpaired) electrons. The van der Waals surface area contributed by atoms with Crippen molar-refractivity contribution in [2.45, 2.75) is 36.3 Å². The lowest BCUT2D eigenvalue weighted by molar-refractivity contribution is 0.341. The zero-order valence-corrected chi connectivity index (χ0v) is 11.5. The highest BCUT2D eigenvalue weighted by atomic mass is 32.2. The summed E-state index contributed by atoms with van der Waals surface area (Å²) in [4.78, 5) is 4.59. The Kier molecular flexibility index (Phi) is 3.63. The van der Waals surface area contributed by atoms with Crippen LogP contribution in [0.4, 0.5) is 0 Å². The van der Waals surface area contributed by atoms with Gasteiger partial charge in [0.1, 0.15) is 0 Å². The summed E-state index contributed by atoms with van der Waals surface area (Å²) in [5.41, 5.74) is 0. The maximum absolute atomic E-state index is 5.40. The molecular formula is C11H17N3OS2. The van der Waals surface area contributed by atoms with Crippen molar-refractivity contribution in [3.05, 3.63) is 11.7 Å². The predicted molar refractivity (Wildman–Crippen MR) is 71.4 cm³/mol. The Hall–Kier alpha value is -0.200. The molecule has 1 aromatic heterocycles. The van der Waals surface area contributed by atoms with Crippen molar-refractivity contribution in [3.8, 4) is 0 Å². The molecule has 3 heterocycles. The standard InChI is InChI=1S/C11H17N3OS2/c1-7-9(17-6-5-16-7)10-13-11(15-14-10)8-3-2-4-12-8/h7-9,12H,2-6H2,1H3/t7?,8-,9?/m1/s1. The van der Waals surface area contributed by atoms with Crippen molar-refractivity contribution in [2.75, 3.05) is 18.1 Å². The molecule has 0 saturated carbocycles. The van der Waals surface area contributed by atoms with Crippen LogP contribution in [0.1, 0.15) is 42.8 Å². The van der Waals surface area contributed by atoms with E-state index in [1.165, 1.54) is 17.9 Å². The summed E-state index contributed by atoms with van der Waals surface area (Å²) in [6.45, 7) is 3.32. The minimum Gasteiger partial charge on any atom is -0.338 e. The molecule has 2 fully saturated rings. The van der Waals surface area contributed by atoms with Crippen LogP contribution in [0.3, 0.4) is 0 Å². The average Bonchev–Trinajstić information content (AvgIpc) is 3.00. The Bertz CT molecular complexity index is 379. The lowest BCUT2D eigenvalue weighted by atomic mass is 10.2. The Morgan fingerprint density at radius 1 is 1.35 bits per heavy atom. The van der Waals surface area contributed by atoms with Gasteiger partial charge in [-0.3, -0.25) is 0 Å². The van der Waals surface area contributed by atoms with Crippen molar-refractivity contribution < 1.29 is 4.52 Å². The van der Waals surface area contributed by atoms with Gasteiger partial charge in [-0.15, -0.1) is 11.8 Å². The normalized spacial score (nSPS) is 34.1. The maximum Gasteiger partial charge on any atom is 0.243 e. The average molecular weight is 271 g/mol. The molecule has 0 bridgehead atoms. The van der Waals surface area contributed by atoms with E-state index in [0.717, 1.165) is 24.7 Å². The van der Waals surface area contributed by atoms with Crippen LogP contribution in [0.2, 0.25) is 0 Å². The van der Waals surface area contributed by atoms with Gasteiger partial charge in [0.15, 0.2) is 5.82 Å². The molecule has 2 saturated heterocycles. The van der Waals surface area contributed by atoms with Gasteiger partial charge in [-0.05, 0) is 19.4 Å². The molecule has 6 heteroatoms. The lowest BCUT2D eigenvalue weighted by Gasteiger charge is -2.24. The number of rotatable bonds is 2. The van der Waals surface area contributed by atoms with Gasteiger partial charge in [0.2, 0.25) is 5.89 Å². The predicted octanol–water partition coefficient (Wildman–Crippen LogP) is 2.40. The zero-order valence-electron chi connectivity index (χ0n) is 9.89. The summed E-state index contributed by atoms with van der Waals surface area (Å²) < 4.78 is 5.40. The number of aromatic nitrogens is 2. The first-order chi connectivity index (χ1) is 8.34. The van der Waals surface area contributed by atoms with Crippen LogP contribution >= 0.6 is 23.5 Å². The summed E-state index contributed by atoms with van der Waals surface area (Å²) >= 11 is 3.96. The van der Waals surface area contributed by atoms with Crippen LogP contribution in [0.15, 0.2) is 4.52 Å². The second-order valence-electron chi connectivity index (χ2n) is 4.51. The van der Waals surface area contributed by atoms with Crippen LogP contribution in [0.25, 0.3) is 0 Å². The van der Waals surface area contributed by atoms with E-state index < -0.39 is 0 Å². The monoisotopic (exact) mass is 271 g/mol. The van der Waals surface area contributed by atoms with Gasteiger partial charge in [-0.1, -0.05) is 12.1 Å². The molecule has 94 valence electrons. The van der Waals surface area contributed by atoms with E-state index in [4.69, 9.17) is 4.52 Å². The molecule has 0 amide bonds. The first kappa shape index (κ1) is 11.9. The van der Waals surface area contributed by atoms with Crippen LogP contribution in [0, 0.1) is 0 Å². The number of hydrogen-bond donors (Lipinski definition) is 1. The van der Waals surface area contributed by atoms with E-state index in [9.17, 15) is 0 Å². The third-order valence-electron chi connectivity index (χ3n) is 3.26. The van der Waals surface area contributed by atoms with Gasteiger partial charge in [0, 0.05) is 16.8 Å². The Labute approximate surface area is 110 Å². The highest BCUT2D eigenvalue weighted by molar-refractivity contribution is 8.06. The molecule has 4 nitrogen and oxygen atoms in total. The van der Waals surface area contributed by atoms with Crippen molar-refractivity contribution in [1.82, 2.24) is 15.5 Å². The van der Waals surface area contributed by atoms with Gasteiger partial charge in [-0.2, -0.15) is 16.7 Å². The van der Waals surface area contributed by atoms with Crippen LogP contribution in [0.5, 0.6) is 0 Å². The summed E-state index contributed by atoms with van der Waals surface area (Å²) in [5.74, 6) is 4.09. The van der Waals surface area contributed by atoms with Crippen molar-refractivity contribution in [1.29, 1.82) is 0 Å². The molecule has 2 aliphatic heterocycles. The first-order valence-corrected chi connectivity index (χ1v) is 8.24. The topological polar surface area (TPSA) is 51.0 Å². The minimum absolute atomic E-state index is 0.285. The minimum atomic E-state index is 0.285. The van der Waals surface area contributed by atoms with Crippen LogP contribution < -0.4 is 5.32 Å². The molecule has 3 rings (SSSR count). The van der Waals surface area contributed by atoms with E-state index >= 15 is 0 Å². The van der Waals surface area contributed by atoms with Gasteiger partial charge < -0.3 is 9.84 Å². The van der Waals surface area contributed by atoms with E-state index in [1.54, 1.807) is 0 Å². The number of nitrogens with one attached hydrogen (secondary N) is 1. The highest BCUT2D eigenvalue weighted by Crippen LogP contribution is 2.41. The number of thioether (sulfide) groups is 2. The SMILES string of the molecule is CC1SCCSC1c1noc([C@H]2CCCN2)n1. The molecule has 0 aromatic carbocycles. The van der Waals surface area contributed by atoms with E-state index in [-0.39, 0.29) is 6.04 Å². The number of hydrogen-bond acceptors (Lipinski definition) is 6. The summed E-state index contributed by atoms with van der Waals surface area (Å²) in [7, 11) is 0. The molecule has 3 atom stereocenters. The smallest absolute Gasteiger partial charge is 0.243 e. The summed E-state index contributed by atoms with van der Waals surface area (Å²) in [6, 6.07) is 0.285. The molecule has 1 aromatic rings. The molecule has 0 aliphatic carbocycles. The van der Waals surface area contributed by atoms with Crippen molar-refractivity contribution in [2.24, 2.45) is 0 Å². The third-order valence-corrected chi connectivity index (χ3v) is 6.34. The summed E-state index contributed by atoms with van der Waals surface area (Å²) in [6.07, 6.45) is 2.32. The van der Waals surface area contributed by atoms with Gasteiger partial charge in [-0.25, -0.2) is 0 Å². The molecular weight excluding hydrogens is 254 g/mol. The van der Waals surface area contributed by atoms with Gasteiger partial charge in [0.05, 0.1) is 11.3 Å². The van der Waals surface area contributed by atoms with E-state index in [2.05, 4.69) is 22.4 Å². The quantitative estimate of drug-likeness (QED) is 0.891. The maximum atomic E-state index is 5.40. The lowest BCUT2D eigenvalue weighted by Crippen LogP contribution is -2.17. The molecule has 2 unspecified atom stereocenters. The first-order valence-electron chi connectivity index (χ1n) is 6.14. The van der Waals surface area contributed by atoms with Crippen molar-refractivity contribution >= 4 is 23.5 Å². The molecule has 1 N–H and O–H groups in total. The summed E-state index contributed by atoms with van der Waals surface area (Å²) in [5, 5.41) is 8.54. The molecule has 17 heavy (non-hydrogen) atoms. The van der Waals surface area contributed by atoms with Gasteiger partial charge in [0.25, 0.3) is 0 Å². The van der Waals surface area contributed by atoms with E-state index in [0.29, 0.717) is 10.5 Å². The third kappa shape index (κ3) is 2.48. The zero-order chi connectivity index (χ0) is 11.7. The fourth-order valence-corrected chi connectivity index (χ4v) is 5.00. The number of nitrogens with zero attached hydrogens (tertiary/aromatic N) is 2. The molecule has 0 spiro atoms. The fourth-order valence-electron chi connectivity index (χ4n) is 2.32. The second kappa shape index (κ2) is 5.20.